The molecule has 3 nitrogen and oxygen atoms in total. The van der Waals surface area contributed by atoms with Gasteiger partial charge in [0.2, 0.25) is 0 Å². The molecule has 0 aliphatic heterocycles. The molecule has 0 atom stereocenters. The van der Waals surface area contributed by atoms with E-state index in [-0.39, 0.29) is 5.97 Å². The first-order valence-electron chi connectivity index (χ1n) is 4.78. The molecule has 0 fully saturated rings. The Bertz CT molecular complexity index is 110. The summed E-state index contributed by atoms with van der Waals surface area (Å²) in [6.45, 7) is 4.45. The van der Waals surface area contributed by atoms with Crippen LogP contribution in [0.2, 0.25) is 0 Å². The van der Waals surface area contributed by atoms with Crippen molar-refractivity contribution in [3.63, 3.8) is 0 Å². The van der Waals surface area contributed by atoms with E-state index in [1.807, 2.05) is 6.92 Å². The van der Waals surface area contributed by atoms with Gasteiger partial charge in [0.15, 0.2) is 0 Å². The summed E-state index contributed by atoms with van der Waals surface area (Å²) in [5.74, 6) is -0.0593. The number of ether oxygens (including phenoxy) is 1. The minimum absolute atomic E-state index is 0.0593. The van der Waals surface area contributed by atoms with E-state index in [4.69, 9.17) is 4.74 Å². The van der Waals surface area contributed by atoms with Crippen molar-refractivity contribution in [3.05, 3.63) is 0 Å². The maximum Gasteiger partial charge on any atom is 0.305 e. The summed E-state index contributed by atoms with van der Waals surface area (Å²) in [5.41, 5.74) is 0. The van der Waals surface area contributed by atoms with Crippen LogP contribution >= 0.6 is 0 Å². The molecular weight excluding hydrogens is 200 g/mol. The smallest absolute Gasteiger partial charge is 0.305 e. The molecule has 0 aromatic heterocycles. The predicted octanol–water partition coefficient (Wildman–Crippen LogP) is -0.306. The average molecular weight is 222 g/mol. The third kappa shape index (κ3) is 18.7. The summed E-state index contributed by atoms with van der Waals surface area (Å²) in [7, 11) is 1.86. The molecule has 5 heteroatoms. The Labute approximate surface area is 87.3 Å². The van der Waals surface area contributed by atoms with E-state index >= 15 is 0 Å². The molecule has 0 radical (unpaired) electrons. The highest BCUT2D eigenvalue weighted by Crippen LogP contribution is 1.99. The van der Waals surface area contributed by atoms with Crippen molar-refractivity contribution < 1.29 is 13.6 Å². The lowest BCUT2D eigenvalue weighted by atomic mass is 10.2. The zero-order valence-electron chi connectivity index (χ0n) is 9.26. The van der Waals surface area contributed by atoms with Crippen molar-refractivity contribution in [2.45, 2.75) is 39.5 Å². The maximum atomic E-state index is 10.7. The lowest BCUT2D eigenvalue weighted by molar-refractivity contribution is -0.143. The Balaban J connectivity index is 0. The van der Waals surface area contributed by atoms with Crippen LogP contribution in [0.1, 0.15) is 39.5 Å². The van der Waals surface area contributed by atoms with Crippen molar-refractivity contribution in [2.75, 3.05) is 6.61 Å². The normalized spacial score (nSPS) is 9.08. The van der Waals surface area contributed by atoms with Crippen molar-refractivity contribution in [2.24, 2.45) is 0 Å². The third-order valence-corrected chi connectivity index (χ3v) is 1.29. The van der Waals surface area contributed by atoms with Gasteiger partial charge in [0.1, 0.15) is 21.0 Å². The monoisotopic (exact) mass is 222 g/mol. The second kappa shape index (κ2) is 14.4. The lowest BCUT2D eigenvalue weighted by Crippen LogP contribution is -2.02. The standard InChI is InChI=1S/C8H16O2.H6OSi2/c1-3-5-6-7-8(9)10-4-2;2-1-3/h3-7H2,1-2H3;2-3H3. The fraction of sp³-hybridized carbons (Fsp3) is 0.875. The molecule has 0 spiro atoms. The minimum atomic E-state index is -0.0593. The molecular formula is C8H22O3Si2. The van der Waals surface area contributed by atoms with Crippen LogP contribution in [0.25, 0.3) is 0 Å². The van der Waals surface area contributed by atoms with Crippen molar-refractivity contribution in [3.8, 4) is 0 Å². The number of hydrogen-bond acceptors (Lipinski definition) is 3. The number of esters is 1. The zero-order chi connectivity index (χ0) is 10.5. The zero-order valence-corrected chi connectivity index (χ0v) is 13.3. The molecule has 0 aliphatic carbocycles. The second-order valence-electron chi connectivity index (χ2n) is 2.67. The van der Waals surface area contributed by atoms with E-state index in [1.54, 1.807) is 0 Å². The SMILES string of the molecule is CCCCCC(=O)OCC.[SiH3]O[SiH3]. The van der Waals surface area contributed by atoms with Gasteiger partial charge in [-0.2, -0.15) is 0 Å². The van der Waals surface area contributed by atoms with Gasteiger partial charge in [-0.25, -0.2) is 0 Å². The lowest BCUT2D eigenvalue weighted by Gasteiger charge is -1.99. The van der Waals surface area contributed by atoms with E-state index in [2.05, 4.69) is 11.0 Å². The van der Waals surface area contributed by atoms with Crippen molar-refractivity contribution in [1.82, 2.24) is 0 Å². The third-order valence-electron chi connectivity index (χ3n) is 1.29. The van der Waals surface area contributed by atoms with Crippen LogP contribution in [0.15, 0.2) is 0 Å². The summed E-state index contributed by atoms with van der Waals surface area (Å²) in [4.78, 5) is 10.7. The van der Waals surface area contributed by atoms with Crippen LogP contribution < -0.4 is 0 Å². The number of hydrogen-bond donors (Lipinski definition) is 0. The molecule has 13 heavy (non-hydrogen) atoms. The quantitative estimate of drug-likeness (QED) is 0.364. The first kappa shape index (κ1) is 15.3. The summed E-state index contributed by atoms with van der Waals surface area (Å²) < 4.78 is 9.28. The van der Waals surface area contributed by atoms with Gasteiger partial charge in [-0.1, -0.05) is 19.8 Å². The highest BCUT2D eigenvalue weighted by molar-refractivity contribution is 6.15. The summed E-state index contributed by atoms with van der Waals surface area (Å²) in [6, 6.07) is 0. The summed E-state index contributed by atoms with van der Waals surface area (Å²) in [6.07, 6.45) is 3.83. The molecule has 0 saturated carbocycles. The average Bonchev–Trinajstić information content (AvgIpc) is 2.07. The van der Waals surface area contributed by atoms with Crippen LogP contribution in [-0.4, -0.2) is 33.5 Å². The van der Waals surface area contributed by atoms with Crippen LogP contribution in [-0.2, 0) is 13.6 Å². The molecule has 0 unspecified atom stereocenters. The molecule has 0 aromatic rings. The van der Waals surface area contributed by atoms with E-state index in [9.17, 15) is 4.79 Å². The Morgan fingerprint density at radius 2 is 1.77 bits per heavy atom. The fourth-order valence-corrected chi connectivity index (χ4v) is 0.752. The number of rotatable bonds is 5. The first-order chi connectivity index (χ1) is 6.22. The molecule has 0 bridgehead atoms. The molecule has 80 valence electrons. The first-order valence-corrected chi connectivity index (χ1v) is 6.41. The van der Waals surface area contributed by atoms with Crippen molar-refractivity contribution in [1.29, 1.82) is 0 Å². The fourth-order valence-electron chi connectivity index (χ4n) is 0.752. The van der Waals surface area contributed by atoms with Gasteiger partial charge in [0.25, 0.3) is 0 Å². The highest BCUT2D eigenvalue weighted by atomic mass is 28.3. The minimum Gasteiger partial charge on any atom is -0.471 e. The van der Waals surface area contributed by atoms with Crippen LogP contribution in [0.5, 0.6) is 0 Å². The number of carbonyl (C=O) groups is 1. The predicted molar refractivity (Wildman–Crippen MR) is 61.7 cm³/mol. The van der Waals surface area contributed by atoms with Gasteiger partial charge in [-0.05, 0) is 13.3 Å². The summed E-state index contributed by atoms with van der Waals surface area (Å²) >= 11 is 0. The number of unbranched alkanes of at least 4 members (excludes halogenated alkanes) is 2. The highest BCUT2D eigenvalue weighted by Gasteiger charge is 1.98. The Hall–Kier alpha value is -0.136. The Morgan fingerprint density at radius 1 is 1.23 bits per heavy atom. The van der Waals surface area contributed by atoms with Gasteiger partial charge < -0.3 is 8.85 Å². The van der Waals surface area contributed by atoms with Crippen molar-refractivity contribution >= 4 is 26.9 Å². The van der Waals surface area contributed by atoms with Gasteiger partial charge >= 0.3 is 5.97 Å². The molecule has 0 amide bonds. The molecule has 0 heterocycles. The largest absolute Gasteiger partial charge is 0.471 e. The van der Waals surface area contributed by atoms with Gasteiger partial charge in [-0.15, -0.1) is 0 Å². The molecule has 0 N–H and O–H groups in total. The van der Waals surface area contributed by atoms with Gasteiger partial charge in [0, 0.05) is 6.42 Å². The topological polar surface area (TPSA) is 35.5 Å². The molecule has 0 aliphatic rings. The van der Waals surface area contributed by atoms with Crippen LogP contribution in [0.3, 0.4) is 0 Å². The van der Waals surface area contributed by atoms with E-state index < -0.39 is 0 Å². The van der Waals surface area contributed by atoms with Crippen LogP contribution in [0, 0.1) is 0 Å². The molecule has 0 aromatic carbocycles. The van der Waals surface area contributed by atoms with Gasteiger partial charge in [-0.3, -0.25) is 4.79 Å². The van der Waals surface area contributed by atoms with E-state index in [1.165, 1.54) is 0 Å². The summed E-state index contributed by atoms with van der Waals surface area (Å²) in [5, 5.41) is 0. The molecule has 0 saturated heterocycles. The van der Waals surface area contributed by atoms with Crippen LogP contribution in [0.4, 0.5) is 0 Å². The number of carbonyl (C=O) groups excluding carboxylic acids is 1. The van der Waals surface area contributed by atoms with E-state index in [0.29, 0.717) is 13.0 Å². The molecule has 0 rings (SSSR count). The van der Waals surface area contributed by atoms with E-state index in [0.717, 1.165) is 40.2 Å². The second-order valence-corrected chi connectivity index (χ2v) is 5.94. The maximum absolute atomic E-state index is 10.7. The Kier molecular flexibility index (Phi) is 17.0. The Morgan fingerprint density at radius 3 is 2.15 bits per heavy atom. The van der Waals surface area contributed by atoms with Gasteiger partial charge in [0.05, 0.1) is 6.61 Å².